The van der Waals surface area contributed by atoms with Gasteiger partial charge in [0, 0.05) is 18.7 Å². The minimum Gasteiger partial charge on any atom is -0.349 e. The zero-order valence-corrected chi connectivity index (χ0v) is 18.8. The van der Waals surface area contributed by atoms with Gasteiger partial charge >= 0.3 is 0 Å². The van der Waals surface area contributed by atoms with Crippen LogP contribution in [-0.2, 0) is 17.8 Å². The quantitative estimate of drug-likeness (QED) is 0.701. The van der Waals surface area contributed by atoms with Crippen LogP contribution in [0.25, 0.3) is 0 Å². The van der Waals surface area contributed by atoms with E-state index in [1.807, 2.05) is 18.5 Å². The Hall–Kier alpha value is -1.85. The van der Waals surface area contributed by atoms with Crippen LogP contribution in [-0.4, -0.2) is 27.8 Å². The Bertz CT molecular complexity index is 783. The lowest BCUT2D eigenvalue weighted by atomic mass is 9.88. The van der Waals surface area contributed by atoms with Crippen LogP contribution >= 0.6 is 12.4 Å². The van der Waals surface area contributed by atoms with Crippen molar-refractivity contribution in [3.63, 3.8) is 0 Å². The van der Waals surface area contributed by atoms with Crippen LogP contribution in [0.1, 0.15) is 55.3 Å². The zero-order chi connectivity index (χ0) is 20.2. The second-order valence-electron chi connectivity index (χ2n) is 8.12. The van der Waals surface area contributed by atoms with Crippen LogP contribution in [0.2, 0.25) is 0 Å². The first-order valence-corrected chi connectivity index (χ1v) is 9.75. The van der Waals surface area contributed by atoms with Crippen molar-refractivity contribution in [2.75, 3.05) is 6.54 Å². The molecule has 0 spiro atoms. The molecule has 0 aliphatic heterocycles. The molecule has 2 aromatic rings. The average molecular weight is 407 g/mol. The van der Waals surface area contributed by atoms with Gasteiger partial charge in [0.05, 0.1) is 17.8 Å². The summed E-state index contributed by atoms with van der Waals surface area (Å²) in [5.74, 6) is 0.328. The maximum atomic E-state index is 12.5. The Kier molecular flexibility index (Phi) is 8.71. The molecule has 1 heterocycles. The maximum absolute atomic E-state index is 12.5. The van der Waals surface area contributed by atoms with E-state index in [2.05, 4.69) is 62.4 Å². The highest BCUT2D eigenvalue weighted by Crippen LogP contribution is 2.18. The van der Waals surface area contributed by atoms with Crippen LogP contribution in [0.4, 0.5) is 0 Å². The highest BCUT2D eigenvalue weighted by atomic mass is 35.5. The summed E-state index contributed by atoms with van der Waals surface area (Å²) in [6, 6.07) is 8.52. The molecule has 0 saturated carbocycles. The molecule has 1 amide bonds. The van der Waals surface area contributed by atoms with Gasteiger partial charge in [-0.1, -0.05) is 43.7 Å². The van der Waals surface area contributed by atoms with Crippen LogP contribution in [0, 0.1) is 26.7 Å². The first-order valence-electron chi connectivity index (χ1n) is 9.75. The van der Waals surface area contributed by atoms with Crippen LogP contribution in [0.15, 0.2) is 24.3 Å². The number of nitrogens with one attached hydrogen (secondary N) is 1. The number of amides is 1. The Morgan fingerprint density at radius 1 is 1.21 bits per heavy atom. The molecule has 0 fully saturated rings. The van der Waals surface area contributed by atoms with Gasteiger partial charge in [0.25, 0.3) is 0 Å². The van der Waals surface area contributed by atoms with Gasteiger partial charge in [-0.05, 0) is 51.2 Å². The normalized spacial score (nSPS) is 13.1. The maximum Gasteiger partial charge on any atom is 0.220 e. The third kappa shape index (κ3) is 5.82. The molecule has 2 rings (SSSR count). The van der Waals surface area contributed by atoms with Crippen molar-refractivity contribution in [1.82, 2.24) is 15.1 Å². The Labute approximate surface area is 175 Å². The summed E-state index contributed by atoms with van der Waals surface area (Å²) in [6.07, 6.45) is 1.14. The number of aryl methyl sites for hydroxylation is 2. The van der Waals surface area contributed by atoms with E-state index in [1.54, 1.807) is 0 Å². The SMILES string of the molecule is Cc1ccc(Cn2nc(C)c(CCC(=O)NC(C)(CN)C(C)C)c2C)cc1.Cl. The fourth-order valence-corrected chi connectivity index (χ4v) is 3.17. The predicted octanol–water partition coefficient (Wildman–Crippen LogP) is 3.70. The second kappa shape index (κ2) is 10.1. The molecule has 1 aromatic heterocycles. The third-order valence-corrected chi connectivity index (χ3v) is 5.71. The largest absolute Gasteiger partial charge is 0.349 e. The molecule has 28 heavy (non-hydrogen) atoms. The standard InChI is InChI=1S/C22H34N4O.ClH/c1-15(2)22(6,14-23)24-21(27)12-11-20-17(4)25-26(18(20)5)13-19-9-7-16(3)8-10-19;/h7-10,15H,11-14,23H2,1-6H3,(H,24,27);1H. The van der Waals surface area contributed by atoms with Gasteiger partial charge in [0.1, 0.15) is 0 Å². The fraction of sp³-hybridized carbons (Fsp3) is 0.545. The van der Waals surface area contributed by atoms with Crippen molar-refractivity contribution in [2.45, 2.75) is 66.5 Å². The van der Waals surface area contributed by atoms with E-state index in [1.165, 1.54) is 11.1 Å². The van der Waals surface area contributed by atoms with Gasteiger partial charge in [-0.3, -0.25) is 9.48 Å². The Morgan fingerprint density at radius 3 is 2.36 bits per heavy atom. The highest BCUT2D eigenvalue weighted by Gasteiger charge is 2.28. The number of nitrogens with two attached hydrogens (primary N) is 1. The first-order chi connectivity index (χ1) is 12.7. The van der Waals surface area contributed by atoms with E-state index in [0.717, 1.165) is 23.5 Å². The van der Waals surface area contributed by atoms with E-state index >= 15 is 0 Å². The fourth-order valence-electron chi connectivity index (χ4n) is 3.17. The monoisotopic (exact) mass is 406 g/mol. The summed E-state index contributed by atoms with van der Waals surface area (Å²) in [4.78, 5) is 12.5. The number of carbonyl (C=O) groups excluding carboxylic acids is 1. The van der Waals surface area contributed by atoms with E-state index in [0.29, 0.717) is 19.4 Å². The Balaban J connectivity index is 0.00000392. The molecule has 1 atom stereocenters. The molecule has 5 nitrogen and oxygen atoms in total. The molecular weight excluding hydrogens is 372 g/mol. The van der Waals surface area contributed by atoms with E-state index in [-0.39, 0.29) is 29.8 Å². The van der Waals surface area contributed by atoms with Crippen LogP contribution in [0.3, 0.4) is 0 Å². The number of carbonyl (C=O) groups is 1. The molecule has 0 radical (unpaired) electrons. The minimum absolute atomic E-state index is 0. The van der Waals surface area contributed by atoms with E-state index < -0.39 is 0 Å². The zero-order valence-electron chi connectivity index (χ0n) is 18.0. The first kappa shape index (κ1) is 24.2. The topological polar surface area (TPSA) is 72.9 Å². The van der Waals surface area contributed by atoms with Crippen LogP contribution < -0.4 is 11.1 Å². The smallest absolute Gasteiger partial charge is 0.220 e. The second-order valence-corrected chi connectivity index (χ2v) is 8.12. The molecule has 0 aliphatic rings. The number of aromatic nitrogens is 2. The molecule has 156 valence electrons. The highest BCUT2D eigenvalue weighted by molar-refractivity contribution is 5.85. The van der Waals surface area contributed by atoms with Crippen LogP contribution in [0.5, 0.6) is 0 Å². The summed E-state index contributed by atoms with van der Waals surface area (Å²) in [6.45, 7) is 13.5. The van der Waals surface area contributed by atoms with Gasteiger partial charge < -0.3 is 11.1 Å². The summed E-state index contributed by atoms with van der Waals surface area (Å²) in [5.41, 5.74) is 11.3. The van der Waals surface area contributed by atoms with Crippen molar-refractivity contribution >= 4 is 18.3 Å². The van der Waals surface area contributed by atoms with Crippen molar-refractivity contribution < 1.29 is 4.79 Å². The predicted molar refractivity (Wildman–Crippen MR) is 118 cm³/mol. The summed E-state index contributed by atoms with van der Waals surface area (Å²) in [5, 5.41) is 7.80. The van der Waals surface area contributed by atoms with E-state index in [4.69, 9.17) is 5.73 Å². The summed E-state index contributed by atoms with van der Waals surface area (Å²) >= 11 is 0. The van der Waals surface area contributed by atoms with Crippen molar-refractivity contribution in [3.8, 4) is 0 Å². The molecule has 3 N–H and O–H groups in total. The third-order valence-electron chi connectivity index (χ3n) is 5.71. The minimum atomic E-state index is -0.364. The van der Waals surface area contributed by atoms with Gasteiger partial charge in [-0.2, -0.15) is 5.10 Å². The number of hydrogen-bond acceptors (Lipinski definition) is 3. The van der Waals surface area contributed by atoms with Gasteiger partial charge in [-0.25, -0.2) is 0 Å². The number of benzene rings is 1. The van der Waals surface area contributed by atoms with Gasteiger partial charge in [0.2, 0.25) is 5.91 Å². The molecule has 0 saturated heterocycles. The lowest BCUT2D eigenvalue weighted by Gasteiger charge is -2.33. The molecule has 6 heteroatoms. The molecule has 1 aromatic carbocycles. The van der Waals surface area contributed by atoms with Gasteiger partial charge in [0.15, 0.2) is 0 Å². The van der Waals surface area contributed by atoms with E-state index in [9.17, 15) is 4.79 Å². The average Bonchev–Trinajstić information content (AvgIpc) is 2.88. The molecule has 0 bridgehead atoms. The number of halogens is 1. The summed E-state index contributed by atoms with van der Waals surface area (Å²) < 4.78 is 2.03. The van der Waals surface area contributed by atoms with Crippen molar-refractivity contribution in [2.24, 2.45) is 11.7 Å². The molecular formula is C22H35ClN4O. The lowest BCUT2D eigenvalue weighted by Crippen LogP contribution is -2.55. The van der Waals surface area contributed by atoms with Crippen molar-refractivity contribution in [1.29, 1.82) is 0 Å². The number of hydrogen-bond donors (Lipinski definition) is 2. The Morgan fingerprint density at radius 2 is 1.82 bits per heavy atom. The van der Waals surface area contributed by atoms with Crippen molar-refractivity contribution in [3.05, 3.63) is 52.3 Å². The van der Waals surface area contributed by atoms with Gasteiger partial charge in [-0.15, -0.1) is 12.4 Å². The summed E-state index contributed by atoms with van der Waals surface area (Å²) in [7, 11) is 0. The molecule has 0 aliphatic carbocycles. The lowest BCUT2D eigenvalue weighted by molar-refractivity contribution is -0.123. The number of rotatable bonds is 8. The molecule has 1 unspecified atom stereocenters. The number of nitrogens with zero attached hydrogens (tertiary/aromatic N) is 2.